The number of amides is 1. The Bertz CT molecular complexity index is 365. The van der Waals surface area contributed by atoms with Crippen molar-refractivity contribution in [1.82, 2.24) is 9.97 Å². The summed E-state index contributed by atoms with van der Waals surface area (Å²) in [6.07, 6.45) is 3.15. The highest BCUT2D eigenvalue weighted by molar-refractivity contribution is 5.91. The number of nitrogens with zero attached hydrogens (tertiary/aromatic N) is 2. The summed E-state index contributed by atoms with van der Waals surface area (Å²) < 4.78 is 0. The Labute approximate surface area is 89.1 Å². The molecule has 0 bridgehead atoms. The van der Waals surface area contributed by atoms with Gasteiger partial charge in [-0.3, -0.25) is 10.1 Å². The molecule has 1 aromatic rings. The van der Waals surface area contributed by atoms with Gasteiger partial charge in [0, 0.05) is 17.3 Å². The van der Waals surface area contributed by atoms with E-state index in [-0.39, 0.29) is 11.8 Å². The minimum absolute atomic E-state index is 0.0613. The number of hydrogen-bond donors (Lipinski definition) is 1. The van der Waals surface area contributed by atoms with E-state index in [1.165, 1.54) is 0 Å². The fraction of sp³-hybridized carbons (Fsp3) is 0.545. The molecule has 0 atom stereocenters. The molecule has 15 heavy (non-hydrogen) atoms. The fourth-order valence-electron chi connectivity index (χ4n) is 1.66. The van der Waals surface area contributed by atoms with Crippen LogP contribution in [-0.2, 0) is 4.79 Å². The molecule has 0 aromatic carbocycles. The predicted molar refractivity (Wildman–Crippen MR) is 57.5 cm³/mol. The Morgan fingerprint density at radius 2 is 1.93 bits per heavy atom. The molecule has 0 spiro atoms. The molecular formula is C11H15N3O. The summed E-state index contributed by atoms with van der Waals surface area (Å²) in [7, 11) is 0. The standard InChI is InChI=1S/C11H15N3O/c1-7-6-8(2)13-11(12-7)14-10(15)9-4-3-5-9/h6,9H,3-5H2,1-2H3,(H,12,13,14,15). The van der Waals surface area contributed by atoms with Crippen LogP contribution < -0.4 is 5.32 Å². The van der Waals surface area contributed by atoms with Crippen molar-refractivity contribution >= 4 is 11.9 Å². The topological polar surface area (TPSA) is 54.9 Å². The van der Waals surface area contributed by atoms with Crippen molar-refractivity contribution in [3.63, 3.8) is 0 Å². The van der Waals surface area contributed by atoms with Crippen molar-refractivity contribution in [2.24, 2.45) is 5.92 Å². The minimum Gasteiger partial charge on any atom is -0.294 e. The Kier molecular flexibility index (Phi) is 2.66. The quantitative estimate of drug-likeness (QED) is 0.801. The van der Waals surface area contributed by atoms with E-state index in [0.717, 1.165) is 30.7 Å². The first-order valence-corrected chi connectivity index (χ1v) is 5.28. The van der Waals surface area contributed by atoms with Crippen LogP contribution in [0.25, 0.3) is 0 Å². The van der Waals surface area contributed by atoms with Crippen molar-refractivity contribution in [3.8, 4) is 0 Å². The summed E-state index contributed by atoms with van der Waals surface area (Å²) in [6.45, 7) is 3.79. The molecule has 0 radical (unpaired) electrons. The molecule has 0 saturated heterocycles. The molecule has 1 aliphatic rings. The largest absolute Gasteiger partial charge is 0.294 e. The molecule has 80 valence electrons. The van der Waals surface area contributed by atoms with Gasteiger partial charge in [-0.25, -0.2) is 9.97 Å². The van der Waals surface area contributed by atoms with Gasteiger partial charge in [-0.2, -0.15) is 0 Å². The summed E-state index contributed by atoms with van der Waals surface area (Å²) in [5, 5.41) is 2.76. The molecule has 1 amide bonds. The second-order valence-corrected chi connectivity index (χ2v) is 4.09. The molecule has 1 aromatic heterocycles. The monoisotopic (exact) mass is 205 g/mol. The normalized spacial score (nSPS) is 15.9. The second kappa shape index (κ2) is 3.96. The lowest BCUT2D eigenvalue weighted by molar-refractivity contribution is -0.122. The first-order chi connectivity index (χ1) is 7.15. The van der Waals surface area contributed by atoms with Crippen LogP contribution in [0.2, 0.25) is 0 Å². The van der Waals surface area contributed by atoms with E-state index in [0.29, 0.717) is 5.95 Å². The smallest absolute Gasteiger partial charge is 0.229 e. The van der Waals surface area contributed by atoms with Crippen molar-refractivity contribution in [3.05, 3.63) is 17.5 Å². The van der Waals surface area contributed by atoms with Crippen LogP contribution in [0.15, 0.2) is 6.07 Å². The highest BCUT2D eigenvalue weighted by Gasteiger charge is 2.25. The zero-order valence-electron chi connectivity index (χ0n) is 9.08. The number of nitrogens with one attached hydrogen (secondary N) is 1. The van der Waals surface area contributed by atoms with Gasteiger partial charge in [-0.15, -0.1) is 0 Å². The molecule has 1 heterocycles. The van der Waals surface area contributed by atoms with Crippen LogP contribution in [0.1, 0.15) is 30.7 Å². The zero-order chi connectivity index (χ0) is 10.8. The maximum atomic E-state index is 11.6. The van der Waals surface area contributed by atoms with E-state index in [4.69, 9.17) is 0 Å². The van der Waals surface area contributed by atoms with Crippen molar-refractivity contribution in [1.29, 1.82) is 0 Å². The predicted octanol–water partition coefficient (Wildman–Crippen LogP) is 1.83. The van der Waals surface area contributed by atoms with Gasteiger partial charge in [-0.1, -0.05) is 6.42 Å². The molecule has 1 N–H and O–H groups in total. The zero-order valence-corrected chi connectivity index (χ0v) is 9.08. The molecule has 1 saturated carbocycles. The van der Waals surface area contributed by atoms with E-state index < -0.39 is 0 Å². The number of carbonyl (C=O) groups excluding carboxylic acids is 1. The first-order valence-electron chi connectivity index (χ1n) is 5.28. The summed E-state index contributed by atoms with van der Waals surface area (Å²) in [6, 6.07) is 1.89. The van der Waals surface area contributed by atoms with Crippen molar-refractivity contribution in [2.75, 3.05) is 5.32 Å². The van der Waals surface area contributed by atoms with Gasteiger partial charge in [0.05, 0.1) is 0 Å². The van der Waals surface area contributed by atoms with Gasteiger partial charge in [-0.05, 0) is 32.8 Å². The molecule has 0 aliphatic heterocycles. The number of hydrogen-bond acceptors (Lipinski definition) is 3. The van der Waals surface area contributed by atoms with E-state index in [9.17, 15) is 4.79 Å². The average Bonchev–Trinajstić information content (AvgIpc) is 1.96. The second-order valence-electron chi connectivity index (χ2n) is 4.09. The lowest BCUT2D eigenvalue weighted by Gasteiger charge is -2.23. The number of carbonyl (C=O) groups is 1. The van der Waals surface area contributed by atoms with E-state index in [1.807, 2.05) is 19.9 Å². The van der Waals surface area contributed by atoms with Gasteiger partial charge < -0.3 is 0 Å². The van der Waals surface area contributed by atoms with Crippen LogP contribution in [0.3, 0.4) is 0 Å². The van der Waals surface area contributed by atoms with Crippen LogP contribution in [0.4, 0.5) is 5.95 Å². The number of aromatic nitrogens is 2. The third-order valence-corrected chi connectivity index (χ3v) is 2.69. The molecule has 0 unspecified atom stereocenters. The van der Waals surface area contributed by atoms with Crippen molar-refractivity contribution < 1.29 is 4.79 Å². The average molecular weight is 205 g/mol. The SMILES string of the molecule is Cc1cc(C)nc(NC(=O)C2CCC2)n1. The summed E-state index contributed by atoms with van der Waals surface area (Å²) in [4.78, 5) is 20.0. The Morgan fingerprint density at radius 1 is 1.33 bits per heavy atom. The van der Waals surface area contributed by atoms with Crippen LogP contribution in [0.5, 0.6) is 0 Å². The van der Waals surface area contributed by atoms with Gasteiger partial charge >= 0.3 is 0 Å². The van der Waals surface area contributed by atoms with E-state index in [1.54, 1.807) is 0 Å². The molecule has 1 fully saturated rings. The molecule has 2 rings (SSSR count). The Hall–Kier alpha value is -1.45. The van der Waals surface area contributed by atoms with E-state index >= 15 is 0 Å². The summed E-state index contributed by atoms with van der Waals surface area (Å²) in [5.41, 5.74) is 1.76. The van der Waals surface area contributed by atoms with Gasteiger partial charge in [0.15, 0.2) is 0 Å². The van der Waals surface area contributed by atoms with Gasteiger partial charge in [0.1, 0.15) is 0 Å². The third-order valence-electron chi connectivity index (χ3n) is 2.69. The summed E-state index contributed by atoms with van der Waals surface area (Å²) >= 11 is 0. The molecular weight excluding hydrogens is 190 g/mol. The van der Waals surface area contributed by atoms with Crippen LogP contribution in [-0.4, -0.2) is 15.9 Å². The van der Waals surface area contributed by atoms with Crippen molar-refractivity contribution in [2.45, 2.75) is 33.1 Å². The number of aryl methyl sites for hydroxylation is 2. The molecule has 4 nitrogen and oxygen atoms in total. The highest BCUT2D eigenvalue weighted by atomic mass is 16.2. The highest BCUT2D eigenvalue weighted by Crippen LogP contribution is 2.27. The van der Waals surface area contributed by atoms with E-state index in [2.05, 4.69) is 15.3 Å². The lowest BCUT2D eigenvalue weighted by Crippen LogP contribution is -2.28. The maximum absolute atomic E-state index is 11.6. The molecule has 4 heteroatoms. The molecule has 1 aliphatic carbocycles. The summed E-state index contributed by atoms with van der Waals surface area (Å²) in [5.74, 6) is 0.671. The van der Waals surface area contributed by atoms with Crippen LogP contribution in [0, 0.1) is 19.8 Å². The lowest BCUT2D eigenvalue weighted by atomic mass is 9.85. The Morgan fingerprint density at radius 3 is 2.40 bits per heavy atom. The fourth-order valence-corrected chi connectivity index (χ4v) is 1.66. The number of anilines is 1. The maximum Gasteiger partial charge on any atom is 0.229 e. The van der Waals surface area contributed by atoms with Gasteiger partial charge in [0.25, 0.3) is 0 Å². The minimum atomic E-state index is 0.0613. The Balaban J connectivity index is 2.06. The number of rotatable bonds is 2. The third kappa shape index (κ3) is 2.32. The first kappa shape index (κ1) is 10.1. The van der Waals surface area contributed by atoms with Gasteiger partial charge in [0.2, 0.25) is 11.9 Å². The van der Waals surface area contributed by atoms with Crippen LogP contribution >= 0.6 is 0 Å².